The van der Waals surface area contributed by atoms with Gasteiger partial charge in [-0.05, 0) is 26.1 Å². The summed E-state index contributed by atoms with van der Waals surface area (Å²) in [6.45, 7) is 9.24. The molecule has 112 valence electrons. The molecule has 0 saturated heterocycles. The van der Waals surface area contributed by atoms with Crippen molar-refractivity contribution in [3.63, 3.8) is 0 Å². The third kappa shape index (κ3) is 4.70. The predicted octanol–water partition coefficient (Wildman–Crippen LogP) is 2.78. The van der Waals surface area contributed by atoms with E-state index in [0.717, 1.165) is 31.0 Å². The van der Waals surface area contributed by atoms with Crippen LogP contribution in [0.3, 0.4) is 0 Å². The minimum Gasteiger partial charge on any atom is -0.388 e. The number of hydrogen-bond donors (Lipinski definition) is 2. The van der Waals surface area contributed by atoms with Gasteiger partial charge in [0.25, 0.3) is 5.69 Å². The average molecular weight is 280 g/mol. The van der Waals surface area contributed by atoms with E-state index in [0.29, 0.717) is 0 Å². The first-order valence-electron chi connectivity index (χ1n) is 6.96. The average Bonchev–Trinajstić information content (AvgIpc) is 2.44. The Morgan fingerprint density at radius 2 is 1.85 bits per heavy atom. The van der Waals surface area contributed by atoms with Gasteiger partial charge in [-0.15, -0.1) is 0 Å². The van der Waals surface area contributed by atoms with Crippen molar-refractivity contribution in [2.75, 3.05) is 37.3 Å². The van der Waals surface area contributed by atoms with Crippen LogP contribution in [0.15, 0.2) is 18.2 Å². The van der Waals surface area contributed by atoms with E-state index in [1.807, 2.05) is 6.07 Å². The van der Waals surface area contributed by atoms with Gasteiger partial charge in [0.05, 0.1) is 4.92 Å². The van der Waals surface area contributed by atoms with Gasteiger partial charge in [0, 0.05) is 43.1 Å². The molecule has 0 fully saturated rings. The Labute approximate surface area is 120 Å². The summed E-state index contributed by atoms with van der Waals surface area (Å²) in [7, 11) is 1.75. The van der Waals surface area contributed by atoms with Crippen LogP contribution in [0.4, 0.5) is 17.1 Å². The van der Waals surface area contributed by atoms with Crippen molar-refractivity contribution < 1.29 is 4.92 Å². The molecule has 2 N–H and O–H groups in total. The minimum absolute atomic E-state index is 0.0920. The van der Waals surface area contributed by atoms with Gasteiger partial charge in [0.2, 0.25) is 0 Å². The fourth-order valence-corrected chi connectivity index (χ4v) is 2.14. The van der Waals surface area contributed by atoms with Crippen LogP contribution in [-0.2, 0) is 0 Å². The first-order chi connectivity index (χ1) is 9.49. The Morgan fingerprint density at radius 3 is 2.35 bits per heavy atom. The zero-order chi connectivity index (χ0) is 15.1. The Hall–Kier alpha value is -1.82. The number of nitrogens with one attached hydrogen (secondary N) is 2. The Kier molecular flexibility index (Phi) is 6.24. The van der Waals surface area contributed by atoms with E-state index in [1.54, 1.807) is 13.1 Å². The van der Waals surface area contributed by atoms with Gasteiger partial charge in [-0.25, -0.2) is 0 Å². The molecule has 0 amide bonds. The molecular weight excluding hydrogens is 256 g/mol. The maximum Gasteiger partial charge on any atom is 0.273 e. The van der Waals surface area contributed by atoms with Crippen molar-refractivity contribution in [3.8, 4) is 0 Å². The lowest BCUT2D eigenvalue weighted by Crippen LogP contribution is -2.34. The second kappa shape index (κ2) is 7.69. The minimum atomic E-state index is -0.374. The summed E-state index contributed by atoms with van der Waals surface area (Å²) >= 11 is 0. The van der Waals surface area contributed by atoms with Crippen LogP contribution < -0.4 is 10.6 Å². The van der Waals surface area contributed by atoms with E-state index < -0.39 is 0 Å². The number of nitro benzene ring substituents is 1. The molecule has 0 saturated carbocycles. The fourth-order valence-electron chi connectivity index (χ4n) is 2.14. The van der Waals surface area contributed by atoms with E-state index in [2.05, 4.69) is 36.3 Å². The maximum absolute atomic E-state index is 10.9. The van der Waals surface area contributed by atoms with E-state index >= 15 is 0 Å². The van der Waals surface area contributed by atoms with Crippen molar-refractivity contribution >= 4 is 17.1 Å². The van der Waals surface area contributed by atoms with Crippen LogP contribution in [0.1, 0.15) is 20.8 Å². The molecule has 0 aliphatic carbocycles. The number of nitro groups is 1. The van der Waals surface area contributed by atoms with Gasteiger partial charge in [0.15, 0.2) is 0 Å². The predicted molar refractivity (Wildman–Crippen MR) is 83.5 cm³/mol. The number of non-ortho nitro benzene ring substituents is 1. The second-order valence-electron chi connectivity index (χ2n) is 4.81. The van der Waals surface area contributed by atoms with E-state index in [4.69, 9.17) is 0 Å². The van der Waals surface area contributed by atoms with Gasteiger partial charge >= 0.3 is 0 Å². The van der Waals surface area contributed by atoms with Crippen LogP contribution in [0.25, 0.3) is 0 Å². The summed E-state index contributed by atoms with van der Waals surface area (Å²) in [6, 6.07) is 5.20. The molecule has 1 aromatic rings. The number of rotatable bonds is 8. The summed E-state index contributed by atoms with van der Waals surface area (Å²) in [6.07, 6.45) is 0. The third-order valence-electron chi connectivity index (χ3n) is 3.26. The van der Waals surface area contributed by atoms with Crippen molar-refractivity contribution in [2.24, 2.45) is 0 Å². The van der Waals surface area contributed by atoms with Crippen molar-refractivity contribution in [2.45, 2.75) is 26.8 Å². The maximum atomic E-state index is 10.9. The number of nitrogens with zero attached hydrogens (tertiary/aromatic N) is 2. The smallest absolute Gasteiger partial charge is 0.273 e. The first-order valence-corrected chi connectivity index (χ1v) is 6.96. The summed E-state index contributed by atoms with van der Waals surface area (Å²) in [5, 5.41) is 17.2. The molecular formula is C14H24N4O2. The summed E-state index contributed by atoms with van der Waals surface area (Å²) in [5.74, 6) is 0. The monoisotopic (exact) mass is 280 g/mol. The van der Waals surface area contributed by atoms with Crippen LogP contribution in [0, 0.1) is 10.1 Å². The standard InChI is InChI=1S/C14H24N4O2/c1-5-17(6-2)10-11(3)16-13-7-12(15-4)8-14(9-13)18(19)20/h7-9,11,15-16H,5-6,10H2,1-4H3. The highest BCUT2D eigenvalue weighted by Crippen LogP contribution is 2.24. The molecule has 1 atom stereocenters. The third-order valence-corrected chi connectivity index (χ3v) is 3.26. The lowest BCUT2D eigenvalue weighted by Gasteiger charge is -2.24. The molecule has 0 radical (unpaired) electrons. The van der Waals surface area contributed by atoms with Crippen molar-refractivity contribution in [1.82, 2.24) is 4.90 Å². The highest BCUT2D eigenvalue weighted by atomic mass is 16.6. The Morgan fingerprint density at radius 1 is 1.25 bits per heavy atom. The largest absolute Gasteiger partial charge is 0.388 e. The molecule has 6 nitrogen and oxygen atoms in total. The normalized spacial score (nSPS) is 12.2. The Balaban J connectivity index is 2.80. The molecule has 0 aromatic heterocycles. The van der Waals surface area contributed by atoms with Crippen molar-refractivity contribution in [1.29, 1.82) is 0 Å². The van der Waals surface area contributed by atoms with Crippen LogP contribution in [0.5, 0.6) is 0 Å². The second-order valence-corrected chi connectivity index (χ2v) is 4.81. The number of anilines is 2. The molecule has 0 spiro atoms. The zero-order valence-electron chi connectivity index (χ0n) is 12.6. The molecule has 6 heteroatoms. The highest BCUT2D eigenvalue weighted by molar-refractivity contribution is 5.63. The molecule has 20 heavy (non-hydrogen) atoms. The van der Waals surface area contributed by atoms with Crippen LogP contribution in [-0.4, -0.2) is 42.5 Å². The van der Waals surface area contributed by atoms with Crippen LogP contribution >= 0.6 is 0 Å². The van der Waals surface area contributed by atoms with Gasteiger partial charge < -0.3 is 15.5 Å². The number of hydrogen-bond acceptors (Lipinski definition) is 5. The molecule has 0 aliphatic heterocycles. The van der Waals surface area contributed by atoms with Gasteiger partial charge in [-0.1, -0.05) is 13.8 Å². The van der Waals surface area contributed by atoms with Crippen LogP contribution in [0.2, 0.25) is 0 Å². The van der Waals surface area contributed by atoms with E-state index in [1.165, 1.54) is 6.07 Å². The SMILES string of the molecule is CCN(CC)CC(C)Nc1cc(NC)cc([N+](=O)[O-])c1. The summed E-state index contributed by atoms with van der Waals surface area (Å²) in [4.78, 5) is 12.9. The number of benzene rings is 1. The van der Waals surface area contributed by atoms with Gasteiger partial charge in [-0.3, -0.25) is 10.1 Å². The molecule has 1 aromatic carbocycles. The summed E-state index contributed by atoms with van der Waals surface area (Å²) < 4.78 is 0. The van der Waals surface area contributed by atoms with Gasteiger partial charge in [-0.2, -0.15) is 0 Å². The molecule has 0 bridgehead atoms. The lowest BCUT2D eigenvalue weighted by molar-refractivity contribution is -0.384. The molecule has 1 unspecified atom stereocenters. The van der Waals surface area contributed by atoms with Gasteiger partial charge in [0.1, 0.15) is 0 Å². The number of likely N-dealkylation sites (N-methyl/N-ethyl adjacent to an activating group) is 1. The summed E-state index contributed by atoms with van der Waals surface area (Å²) in [5.41, 5.74) is 1.59. The molecule has 0 heterocycles. The topological polar surface area (TPSA) is 70.4 Å². The van der Waals surface area contributed by atoms with E-state index in [-0.39, 0.29) is 16.7 Å². The van der Waals surface area contributed by atoms with Crippen molar-refractivity contribution in [3.05, 3.63) is 28.3 Å². The zero-order valence-corrected chi connectivity index (χ0v) is 12.6. The first kappa shape index (κ1) is 16.2. The fraction of sp³-hybridized carbons (Fsp3) is 0.571. The molecule has 0 aliphatic rings. The Bertz CT molecular complexity index is 447. The quantitative estimate of drug-likeness (QED) is 0.566. The highest BCUT2D eigenvalue weighted by Gasteiger charge is 2.12. The van der Waals surface area contributed by atoms with E-state index in [9.17, 15) is 10.1 Å². The lowest BCUT2D eigenvalue weighted by atomic mass is 10.2. The molecule has 1 rings (SSSR count).